The van der Waals surface area contributed by atoms with E-state index in [-0.39, 0.29) is 0 Å². The average molecular weight is 261 g/mol. The van der Waals surface area contributed by atoms with E-state index < -0.39 is 0 Å². The first-order chi connectivity index (χ1) is 9.06. The first-order valence-electron chi connectivity index (χ1n) is 6.90. The highest BCUT2D eigenvalue weighted by atomic mass is 15.3. The van der Waals surface area contributed by atoms with Gasteiger partial charge in [-0.2, -0.15) is 10.2 Å². The summed E-state index contributed by atoms with van der Waals surface area (Å²) in [5.74, 6) is 0. The predicted molar refractivity (Wildman–Crippen MR) is 77.1 cm³/mol. The van der Waals surface area contributed by atoms with Gasteiger partial charge in [-0.05, 0) is 32.8 Å². The Morgan fingerprint density at radius 1 is 1.21 bits per heavy atom. The second kappa shape index (κ2) is 5.47. The molecule has 0 aromatic carbocycles. The fraction of sp³-hybridized carbons (Fsp3) is 0.571. The van der Waals surface area contributed by atoms with E-state index in [2.05, 4.69) is 41.0 Å². The van der Waals surface area contributed by atoms with Gasteiger partial charge in [0.2, 0.25) is 0 Å². The van der Waals surface area contributed by atoms with Crippen LogP contribution >= 0.6 is 0 Å². The van der Waals surface area contributed by atoms with E-state index in [1.54, 1.807) is 0 Å². The fourth-order valence-electron chi connectivity index (χ4n) is 2.35. The van der Waals surface area contributed by atoms with Crippen molar-refractivity contribution in [3.05, 3.63) is 29.3 Å². The lowest BCUT2D eigenvalue weighted by Crippen LogP contribution is -2.10. The maximum atomic E-state index is 5.94. The number of rotatable bonds is 5. The summed E-state index contributed by atoms with van der Waals surface area (Å²) in [6, 6.07) is 2.55. The zero-order valence-electron chi connectivity index (χ0n) is 12.2. The van der Waals surface area contributed by atoms with Crippen molar-refractivity contribution in [1.82, 2.24) is 19.6 Å². The molecule has 0 saturated heterocycles. The van der Waals surface area contributed by atoms with Gasteiger partial charge in [0, 0.05) is 6.20 Å². The minimum absolute atomic E-state index is 0.485. The van der Waals surface area contributed by atoms with Crippen LogP contribution in [0.4, 0.5) is 5.69 Å². The molecular formula is C14H23N5. The van der Waals surface area contributed by atoms with Crippen molar-refractivity contribution in [3.8, 4) is 0 Å². The van der Waals surface area contributed by atoms with Crippen LogP contribution in [0, 0.1) is 13.8 Å². The molecule has 0 unspecified atom stereocenters. The van der Waals surface area contributed by atoms with E-state index in [1.165, 1.54) is 0 Å². The van der Waals surface area contributed by atoms with E-state index >= 15 is 0 Å². The lowest BCUT2D eigenvalue weighted by atomic mass is 10.2. The summed E-state index contributed by atoms with van der Waals surface area (Å²) < 4.78 is 3.98. The second-order valence-corrected chi connectivity index (χ2v) is 5.00. The summed E-state index contributed by atoms with van der Waals surface area (Å²) in [7, 11) is 0. The molecule has 2 heterocycles. The minimum atomic E-state index is 0.485. The van der Waals surface area contributed by atoms with Crippen LogP contribution in [0.3, 0.4) is 0 Å². The Kier molecular flexibility index (Phi) is 3.93. The highest BCUT2D eigenvalue weighted by Crippen LogP contribution is 2.17. The van der Waals surface area contributed by atoms with Crippen molar-refractivity contribution < 1.29 is 0 Å². The Morgan fingerprint density at radius 2 is 1.89 bits per heavy atom. The zero-order chi connectivity index (χ0) is 14.0. The van der Waals surface area contributed by atoms with Crippen molar-refractivity contribution in [2.45, 2.75) is 53.1 Å². The summed E-state index contributed by atoms with van der Waals surface area (Å²) in [5.41, 5.74) is 9.64. The van der Waals surface area contributed by atoms with Crippen LogP contribution in [0.25, 0.3) is 0 Å². The molecule has 0 aliphatic rings. The molecule has 5 nitrogen and oxygen atoms in total. The monoisotopic (exact) mass is 261 g/mol. The van der Waals surface area contributed by atoms with E-state index in [9.17, 15) is 0 Å². The smallest absolute Gasteiger partial charge is 0.0853 e. The predicted octanol–water partition coefficient (Wildman–Crippen LogP) is 2.69. The van der Waals surface area contributed by atoms with Gasteiger partial charge in [-0.25, -0.2) is 0 Å². The maximum Gasteiger partial charge on any atom is 0.0853 e. The lowest BCUT2D eigenvalue weighted by Gasteiger charge is -2.12. The standard InChI is InChI=1S/C14H23N5/c1-5-13(6-2)18-8-7-12(17-18)9-19-11(4)14(15)10(3)16-19/h7-8,13H,5-6,9,15H2,1-4H3. The molecule has 5 heteroatoms. The van der Waals surface area contributed by atoms with Crippen LogP contribution in [-0.4, -0.2) is 19.6 Å². The van der Waals surface area contributed by atoms with Gasteiger partial charge >= 0.3 is 0 Å². The number of hydrogen-bond donors (Lipinski definition) is 1. The molecule has 104 valence electrons. The summed E-state index contributed by atoms with van der Waals surface area (Å²) >= 11 is 0. The number of nitrogens with zero attached hydrogens (tertiary/aromatic N) is 4. The maximum absolute atomic E-state index is 5.94. The van der Waals surface area contributed by atoms with Gasteiger partial charge in [0.15, 0.2) is 0 Å². The second-order valence-electron chi connectivity index (χ2n) is 5.00. The summed E-state index contributed by atoms with van der Waals surface area (Å²) in [4.78, 5) is 0. The van der Waals surface area contributed by atoms with Gasteiger partial charge in [-0.3, -0.25) is 9.36 Å². The molecule has 0 saturated carbocycles. The normalized spacial score (nSPS) is 11.4. The average Bonchev–Trinajstić information content (AvgIpc) is 2.94. The van der Waals surface area contributed by atoms with E-state index in [4.69, 9.17) is 5.73 Å². The van der Waals surface area contributed by atoms with Crippen LogP contribution in [0.1, 0.15) is 49.8 Å². The number of hydrogen-bond acceptors (Lipinski definition) is 3. The third-order valence-electron chi connectivity index (χ3n) is 3.73. The molecule has 0 aliphatic carbocycles. The van der Waals surface area contributed by atoms with Gasteiger partial charge in [0.05, 0.1) is 35.4 Å². The molecule has 0 bridgehead atoms. The third kappa shape index (κ3) is 2.64. The Morgan fingerprint density at radius 3 is 2.42 bits per heavy atom. The third-order valence-corrected chi connectivity index (χ3v) is 3.73. The Labute approximate surface area is 114 Å². The number of aromatic nitrogens is 4. The lowest BCUT2D eigenvalue weighted by molar-refractivity contribution is 0.423. The quantitative estimate of drug-likeness (QED) is 0.900. The fourth-order valence-corrected chi connectivity index (χ4v) is 2.35. The van der Waals surface area contributed by atoms with Crippen LogP contribution in [0.5, 0.6) is 0 Å². The molecular weight excluding hydrogens is 238 g/mol. The molecule has 0 spiro atoms. The van der Waals surface area contributed by atoms with E-state index in [0.29, 0.717) is 12.6 Å². The van der Waals surface area contributed by atoms with Crippen LogP contribution in [0.15, 0.2) is 12.3 Å². The molecule has 0 aliphatic heterocycles. The number of nitrogen functional groups attached to an aromatic ring is 1. The van der Waals surface area contributed by atoms with E-state index in [1.807, 2.05) is 18.5 Å². The van der Waals surface area contributed by atoms with Crippen molar-refractivity contribution in [3.63, 3.8) is 0 Å². The van der Waals surface area contributed by atoms with Crippen LogP contribution < -0.4 is 5.73 Å². The van der Waals surface area contributed by atoms with Crippen molar-refractivity contribution >= 4 is 5.69 Å². The van der Waals surface area contributed by atoms with Gasteiger partial charge < -0.3 is 5.73 Å². The zero-order valence-corrected chi connectivity index (χ0v) is 12.2. The summed E-state index contributed by atoms with van der Waals surface area (Å²) in [6.45, 7) is 8.99. The highest BCUT2D eigenvalue weighted by molar-refractivity contribution is 5.46. The molecule has 2 aromatic rings. The molecule has 0 atom stereocenters. The molecule has 0 amide bonds. The summed E-state index contributed by atoms with van der Waals surface area (Å²) in [5, 5.41) is 9.08. The van der Waals surface area contributed by atoms with Gasteiger partial charge in [-0.15, -0.1) is 0 Å². The van der Waals surface area contributed by atoms with Crippen molar-refractivity contribution in [2.75, 3.05) is 5.73 Å². The van der Waals surface area contributed by atoms with Gasteiger partial charge in [0.1, 0.15) is 0 Å². The molecule has 2 rings (SSSR count). The Bertz CT molecular complexity index is 548. The van der Waals surface area contributed by atoms with Gasteiger partial charge in [-0.1, -0.05) is 13.8 Å². The Balaban J connectivity index is 2.18. The number of aryl methyl sites for hydroxylation is 1. The van der Waals surface area contributed by atoms with Crippen molar-refractivity contribution in [1.29, 1.82) is 0 Å². The first kappa shape index (κ1) is 13.6. The Hall–Kier alpha value is -1.78. The van der Waals surface area contributed by atoms with Crippen LogP contribution in [-0.2, 0) is 6.54 Å². The molecule has 0 radical (unpaired) electrons. The molecule has 2 N–H and O–H groups in total. The minimum Gasteiger partial charge on any atom is -0.396 e. The molecule has 2 aromatic heterocycles. The number of anilines is 1. The van der Waals surface area contributed by atoms with E-state index in [0.717, 1.165) is 35.6 Å². The molecule has 0 fully saturated rings. The first-order valence-corrected chi connectivity index (χ1v) is 6.90. The van der Waals surface area contributed by atoms with Gasteiger partial charge in [0.25, 0.3) is 0 Å². The summed E-state index contributed by atoms with van der Waals surface area (Å²) in [6.07, 6.45) is 4.26. The van der Waals surface area contributed by atoms with Crippen LogP contribution in [0.2, 0.25) is 0 Å². The highest BCUT2D eigenvalue weighted by Gasteiger charge is 2.11. The molecule has 19 heavy (non-hydrogen) atoms. The number of nitrogens with two attached hydrogens (primary N) is 1. The SMILES string of the molecule is CCC(CC)n1ccc(Cn2nc(C)c(N)c2C)n1. The largest absolute Gasteiger partial charge is 0.396 e. The van der Waals surface area contributed by atoms with Crippen molar-refractivity contribution in [2.24, 2.45) is 0 Å². The topological polar surface area (TPSA) is 61.7 Å².